The molecule has 2 saturated heterocycles. The molecule has 94 heavy (non-hydrogen) atoms. The number of rotatable bonds is 25. The zero-order valence-electron chi connectivity index (χ0n) is 53.6. The van der Waals surface area contributed by atoms with E-state index < -0.39 is 0 Å². The van der Waals surface area contributed by atoms with Crippen LogP contribution < -0.4 is 86.5 Å². The summed E-state index contributed by atoms with van der Waals surface area (Å²) in [7, 11) is 5.23. The van der Waals surface area contributed by atoms with Gasteiger partial charge in [-0.15, -0.1) is 0 Å². The Kier molecular flexibility index (Phi) is 32.1. The van der Waals surface area contributed by atoms with E-state index in [9.17, 15) is 0 Å². The van der Waals surface area contributed by atoms with E-state index in [1.165, 1.54) is 43.9 Å². The van der Waals surface area contributed by atoms with Crippen LogP contribution in [0.5, 0.6) is 0 Å². The van der Waals surface area contributed by atoms with Gasteiger partial charge in [0.05, 0.1) is 35.4 Å². The number of aliphatic imine (C=N–C) groups is 1. The summed E-state index contributed by atoms with van der Waals surface area (Å²) in [6.07, 6.45) is 16.3. The van der Waals surface area contributed by atoms with Crippen molar-refractivity contribution in [2.24, 2.45) is 4.99 Å². The molecule has 16 nitrogen and oxygen atoms in total. The highest BCUT2D eigenvalue weighted by molar-refractivity contribution is 9.08. The summed E-state index contributed by atoms with van der Waals surface area (Å²) in [5.74, 6) is 0. The maximum atomic E-state index is 9.14. The van der Waals surface area contributed by atoms with E-state index in [1.54, 1.807) is 28.4 Å². The minimum atomic E-state index is -0.389. The molecule has 3 aliphatic heterocycles. The molecule has 0 spiro atoms. The fourth-order valence-corrected chi connectivity index (χ4v) is 12.0. The van der Waals surface area contributed by atoms with Crippen molar-refractivity contribution in [1.82, 2.24) is 0 Å². The topological polar surface area (TPSA) is 157 Å². The van der Waals surface area contributed by atoms with E-state index in [-0.39, 0.29) is 92.6 Å². The largest absolute Gasteiger partial charge is 1.00 e. The molecule has 0 atom stereocenters. The first kappa shape index (κ1) is 75.9. The molecule has 6 aromatic carbocycles. The smallest absolute Gasteiger partial charge is 0.493 e. The van der Waals surface area contributed by atoms with E-state index in [1.807, 2.05) is 36.4 Å². The highest BCUT2D eigenvalue weighted by atomic mass is 79.9. The van der Waals surface area contributed by atoms with Gasteiger partial charge in [-0.2, -0.15) is 13.7 Å². The van der Waals surface area contributed by atoms with Crippen LogP contribution in [0.15, 0.2) is 175 Å². The second kappa shape index (κ2) is 39.7. The van der Waals surface area contributed by atoms with Crippen LogP contribution in [0.25, 0.3) is 38.8 Å². The standard InChI is InChI=1S/C35H40B2N2O6.C21H19BN2O2.C14H20BBrO4.3BrH/c1-41-36(42-2)30-9-3-8-27(21-30)24-38-14-4-10-32-33-11-5-15-39(35(33)13-12-34(32)38)25-28-20-29(26-43-17-6-16-40)23-31(22-28)37-44-18-7-19-45-37;1-25-22(26-2)17-7-3-6-16(14-17)15-24-13-5-9-19-18-8-4-12-23-20(18)10-11-21(19)24;16-10-12-7-13(11-18-4-1-3-17)9-14(8-12)15-19-5-2-6-20-15;;;/h3-5,8-15,20-23,40H,6-7,16-19,24-26H2,1-2H3;3-11,13-14H,15H2,1-2H3;7-9,17H,1-6,10-11H2;3*1H/q2*+2;;;;/p-3. The molecule has 2 N–H and O–H groups in total. The second-order valence-electron chi connectivity index (χ2n) is 22.4. The van der Waals surface area contributed by atoms with E-state index >= 15 is 0 Å². The number of aliphatic hydroxyl groups excluding tert-OH is 2. The Bertz CT molecular complexity index is 3900. The molecular formula is C70H79B4Br4N4O12+. The molecule has 6 heterocycles. The van der Waals surface area contributed by atoms with E-state index in [0.717, 1.165) is 99.8 Å². The lowest BCUT2D eigenvalue weighted by molar-refractivity contribution is -0.664. The molecule has 0 amide bonds. The summed E-state index contributed by atoms with van der Waals surface area (Å²) < 4.78 is 63.1. The van der Waals surface area contributed by atoms with Gasteiger partial charge in [0, 0.05) is 146 Å². The van der Waals surface area contributed by atoms with Gasteiger partial charge in [0.15, 0.2) is 50.1 Å². The van der Waals surface area contributed by atoms with Crippen molar-refractivity contribution in [2.45, 2.75) is 63.9 Å². The highest BCUT2D eigenvalue weighted by Crippen LogP contribution is 2.30. The lowest BCUT2D eigenvalue weighted by Gasteiger charge is -2.21. The van der Waals surface area contributed by atoms with E-state index in [2.05, 4.69) is 181 Å². The fraction of sp³-hybridized carbons (Fsp3) is 0.314. The maximum Gasteiger partial charge on any atom is 0.493 e. The quantitative estimate of drug-likeness (QED) is 0.0164. The summed E-state index contributed by atoms with van der Waals surface area (Å²) in [4.78, 5) is 4.33. The number of pyridine rings is 3. The van der Waals surface area contributed by atoms with Gasteiger partial charge < -0.3 is 108 Å². The lowest BCUT2D eigenvalue weighted by Crippen LogP contribution is -3.00. The molecular weight excluding hydrogens is 1450 g/mol. The first-order chi connectivity index (χ1) is 44.8. The summed E-state index contributed by atoms with van der Waals surface area (Å²) >= 11 is 3.49. The number of allylic oxidation sites excluding steroid dienone is 1. The fourth-order valence-electron chi connectivity index (χ4n) is 11.7. The van der Waals surface area contributed by atoms with Crippen LogP contribution in [-0.2, 0) is 84.9 Å². The molecule has 9 aromatic rings. The predicted molar refractivity (Wildman–Crippen MR) is 363 cm³/mol. The van der Waals surface area contributed by atoms with Crippen molar-refractivity contribution in [3.63, 3.8) is 0 Å². The van der Waals surface area contributed by atoms with Gasteiger partial charge in [0.25, 0.3) is 0 Å². The van der Waals surface area contributed by atoms with Crippen LogP contribution in [0, 0.1) is 0 Å². The van der Waals surface area contributed by atoms with Gasteiger partial charge in [-0.3, -0.25) is 0 Å². The molecule has 3 aromatic heterocycles. The first-order valence-electron chi connectivity index (χ1n) is 31.0. The van der Waals surface area contributed by atoms with Gasteiger partial charge in [0.2, 0.25) is 16.6 Å². The number of ether oxygens (including phenoxy) is 2. The van der Waals surface area contributed by atoms with Crippen LogP contribution in [0.3, 0.4) is 0 Å². The van der Waals surface area contributed by atoms with Crippen LogP contribution >= 0.6 is 15.9 Å². The number of benzene rings is 6. The molecule has 12 rings (SSSR count). The Hall–Kier alpha value is -5.43. The Balaban J connectivity index is 0.000000216. The Labute approximate surface area is 593 Å². The molecule has 0 radical (unpaired) electrons. The summed E-state index contributed by atoms with van der Waals surface area (Å²) in [5.41, 5.74) is 16.5. The SMILES string of the molecule is COB(OC)c1cccc(C[n+]2cccc3c4c(ccc32)N=[C+]C=C4)c1.COB(OC)c1cccc(C[n+]2cccc3c4ccc[n+](Cc5cc(COCCCO)cc(B6OCCCO6)c5)c4ccc32)c1.OCCCOCc1cc(CBr)cc(B2OCCCO2)c1.[Br-].[Br-].[Br-]. The molecule has 0 bridgehead atoms. The molecule has 3 aliphatic rings. The number of alkyl halides is 1. The Morgan fingerprint density at radius 1 is 0.500 bits per heavy atom. The molecule has 490 valence electrons. The minimum absolute atomic E-state index is 0. The van der Waals surface area contributed by atoms with Gasteiger partial charge in [-0.25, -0.2) is 0 Å². The summed E-state index contributed by atoms with van der Waals surface area (Å²) in [5, 5.41) is 22.2. The average Bonchev–Trinajstić information content (AvgIpc) is 0.777. The number of nitrogens with zero attached hydrogens (tertiary/aromatic N) is 4. The summed E-state index contributed by atoms with van der Waals surface area (Å²) in [6.45, 7) is 7.43. The summed E-state index contributed by atoms with van der Waals surface area (Å²) in [6, 6.07) is 50.9. The normalized spacial score (nSPS) is 13.1. The van der Waals surface area contributed by atoms with Crippen LogP contribution in [0.4, 0.5) is 5.69 Å². The van der Waals surface area contributed by atoms with Crippen molar-refractivity contribution >= 4 is 117 Å². The van der Waals surface area contributed by atoms with E-state index in [4.69, 9.17) is 56.9 Å². The first-order valence-corrected chi connectivity index (χ1v) is 32.2. The maximum absolute atomic E-state index is 9.14. The monoisotopic (exact) mass is 1530 g/mol. The van der Waals surface area contributed by atoms with Crippen LogP contribution in [-0.4, -0.2) is 126 Å². The van der Waals surface area contributed by atoms with Crippen molar-refractivity contribution in [1.29, 1.82) is 0 Å². The molecule has 24 heteroatoms. The molecule has 0 saturated carbocycles. The predicted octanol–water partition coefficient (Wildman–Crippen LogP) is -1.92. The van der Waals surface area contributed by atoms with E-state index in [0.29, 0.717) is 59.0 Å². The highest BCUT2D eigenvalue weighted by Gasteiger charge is 2.29. The van der Waals surface area contributed by atoms with Crippen molar-refractivity contribution < 1.29 is 122 Å². The third-order valence-corrected chi connectivity index (χ3v) is 16.4. The molecule has 0 unspecified atom stereocenters. The van der Waals surface area contributed by atoms with Crippen LogP contribution in [0.1, 0.15) is 64.6 Å². The number of halogens is 4. The van der Waals surface area contributed by atoms with Crippen molar-refractivity contribution in [3.8, 4) is 0 Å². The zero-order chi connectivity index (χ0) is 63.2. The zero-order valence-corrected chi connectivity index (χ0v) is 59.9. The molecule has 0 aliphatic carbocycles. The Morgan fingerprint density at radius 2 is 0.926 bits per heavy atom. The Morgan fingerprint density at radius 3 is 1.39 bits per heavy atom. The average molecular weight is 1530 g/mol. The lowest BCUT2D eigenvalue weighted by atomic mass is 9.76. The number of aliphatic hydroxyl groups is 2. The van der Waals surface area contributed by atoms with Gasteiger partial charge in [0.1, 0.15) is 11.6 Å². The van der Waals surface area contributed by atoms with Crippen molar-refractivity contribution in [3.05, 3.63) is 209 Å². The second-order valence-corrected chi connectivity index (χ2v) is 22.9. The molecule has 2 fully saturated rings. The number of fused-ring (bicyclic) bond motifs is 6. The van der Waals surface area contributed by atoms with Crippen molar-refractivity contribution in [2.75, 3.05) is 81.3 Å². The van der Waals surface area contributed by atoms with Gasteiger partial charge in [-0.05, 0) is 88.5 Å². The number of hydrogen-bond acceptors (Lipinski definition) is 13. The minimum Gasteiger partial charge on any atom is -1.00 e. The third-order valence-electron chi connectivity index (χ3n) is 15.8. The third kappa shape index (κ3) is 20.6. The van der Waals surface area contributed by atoms with Gasteiger partial charge >= 0.3 is 28.5 Å². The van der Waals surface area contributed by atoms with Crippen LogP contribution in [0.2, 0.25) is 0 Å². The number of aromatic nitrogens is 3. The number of hydrogen-bond donors (Lipinski definition) is 2. The van der Waals surface area contributed by atoms with Gasteiger partial charge in [-0.1, -0.05) is 99.8 Å².